The summed E-state index contributed by atoms with van der Waals surface area (Å²) in [5.74, 6) is 2.13. The molecule has 1 heterocycles. The van der Waals surface area contributed by atoms with Crippen molar-refractivity contribution >= 4 is 34.3 Å². The van der Waals surface area contributed by atoms with Gasteiger partial charge < -0.3 is 4.42 Å². The van der Waals surface area contributed by atoms with Crippen molar-refractivity contribution < 1.29 is 4.42 Å². The van der Waals surface area contributed by atoms with E-state index in [2.05, 4.69) is 6.92 Å². The van der Waals surface area contributed by atoms with Gasteiger partial charge in [0.1, 0.15) is 5.58 Å². The van der Waals surface area contributed by atoms with Crippen molar-refractivity contribution in [1.82, 2.24) is 0 Å². The Morgan fingerprint density at radius 1 is 1.43 bits per heavy atom. The molecule has 74 valence electrons. The molecule has 0 unspecified atom stereocenters. The van der Waals surface area contributed by atoms with Gasteiger partial charge >= 0.3 is 0 Å². The summed E-state index contributed by atoms with van der Waals surface area (Å²) in [4.78, 5) is 0. The molecule has 0 N–H and O–H groups in total. The normalized spacial score (nSPS) is 11.0. The molecule has 1 aromatic carbocycles. The van der Waals surface area contributed by atoms with E-state index in [-0.39, 0.29) is 0 Å². The number of benzene rings is 1. The molecule has 3 heteroatoms. The Morgan fingerprint density at radius 2 is 2.29 bits per heavy atom. The molecule has 0 radical (unpaired) electrons. The first-order chi connectivity index (χ1) is 6.81. The second-order valence-electron chi connectivity index (χ2n) is 3.04. The van der Waals surface area contributed by atoms with E-state index in [4.69, 9.17) is 16.0 Å². The van der Waals surface area contributed by atoms with Crippen LogP contribution >= 0.6 is 23.4 Å². The number of hydrogen-bond acceptors (Lipinski definition) is 2. The van der Waals surface area contributed by atoms with E-state index >= 15 is 0 Å². The van der Waals surface area contributed by atoms with Gasteiger partial charge in [0.2, 0.25) is 0 Å². The first-order valence-corrected chi connectivity index (χ1v) is 6.08. The molecule has 0 fully saturated rings. The number of rotatable bonds is 3. The van der Waals surface area contributed by atoms with Crippen LogP contribution in [0.4, 0.5) is 0 Å². The topological polar surface area (TPSA) is 13.1 Å². The quantitative estimate of drug-likeness (QED) is 0.773. The van der Waals surface area contributed by atoms with E-state index in [1.807, 2.05) is 36.2 Å². The van der Waals surface area contributed by atoms with Gasteiger partial charge in [0, 0.05) is 21.7 Å². The maximum Gasteiger partial charge on any atom is 0.135 e. The second kappa shape index (κ2) is 4.28. The van der Waals surface area contributed by atoms with Crippen LogP contribution in [0.5, 0.6) is 0 Å². The maximum atomic E-state index is 5.87. The molecule has 0 saturated heterocycles. The number of halogens is 1. The molecule has 0 spiro atoms. The van der Waals surface area contributed by atoms with Crippen molar-refractivity contribution in [3.8, 4) is 0 Å². The van der Waals surface area contributed by atoms with Gasteiger partial charge in [0.25, 0.3) is 0 Å². The average molecular weight is 227 g/mol. The zero-order valence-electron chi connectivity index (χ0n) is 7.92. The summed E-state index contributed by atoms with van der Waals surface area (Å²) in [7, 11) is 0. The molecule has 0 saturated carbocycles. The molecule has 2 rings (SSSR count). The fourth-order valence-corrected chi connectivity index (χ4v) is 2.19. The van der Waals surface area contributed by atoms with Gasteiger partial charge in [-0.25, -0.2) is 0 Å². The van der Waals surface area contributed by atoms with E-state index < -0.39 is 0 Å². The predicted molar refractivity (Wildman–Crippen MR) is 63.1 cm³/mol. The summed E-state index contributed by atoms with van der Waals surface area (Å²) < 4.78 is 5.43. The van der Waals surface area contributed by atoms with E-state index in [1.54, 1.807) is 0 Å². The Labute approximate surface area is 92.4 Å². The summed E-state index contributed by atoms with van der Waals surface area (Å²) in [6.45, 7) is 2.16. The van der Waals surface area contributed by atoms with Gasteiger partial charge in [-0.1, -0.05) is 18.5 Å². The summed E-state index contributed by atoms with van der Waals surface area (Å²) >= 11 is 7.76. The van der Waals surface area contributed by atoms with Crippen molar-refractivity contribution in [2.45, 2.75) is 12.7 Å². The standard InChI is InChI=1S/C11H11ClOS/c1-2-14-7-8-6-13-11-5-9(12)3-4-10(8)11/h3-6H,2,7H2,1H3. The third-order valence-corrected chi connectivity index (χ3v) is 3.24. The van der Waals surface area contributed by atoms with E-state index in [9.17, 15) is 0 Å². The van der Waals surface area contributed by atoms with Crippen LogP contribution in [0.25, 0.3) is 11.0 Å². The highest BCUT2D eigenvalue weighted by Crippen LogP contribution is 2.26. The lowest BCUT2D eigenvalue weighted by Crippen LogP contribution is -1.77. The molecule has 14 heavy (non-hydrogen) atoms. The van der Waals surface area contributed by atoms with Crippen LogP contribution in [-0.2, 0) is 5.75 Å². The third kappa shape index (κ3) is 1.91. The van der Waals surface area contributed by atoms with Gasteiger partial charge in [-0.2, -0.15) is 11.8 Å². The van der Waals surface area contributed by atoms with Gasteiger partial charge in [-0.3, -0.25) is 0 Å². The molecular formula is C11H11ClOS. The SMILES string of the molecule is CCSCc1coc2cc(Cl)ccc12. The molecular weight excluding hydrogens is 216 g/mol. The first kappa shape index (κ1) is 9.94. The maximum absolute atomic E-state index is 5.87. The molecule has 0 aliphatic carbocycles. The molecule has 0 atom stereocenters. The van der Waals surface area contributed by atoms with Gasteiger partial charge in [0.15, 0.2) is 0 Å². The lowest BCUT2D eigenvalue weighted by atomic mass is 10.2. The van der Waals surface area contributed by atoms with Crippen molar-refractivity contribution in [2.75, 3.05) is 5.75 Å². The number of furan rings is 1. The Hall–Kier alpha value is -0.600. The lowest BCUT2D eigenvalue weighted by Gasteiger charge is -1.95. The molecule has 1 nitrogen and oxygen atoms in total. The zero-order valence-corrected chi connectivity index (χ0v) is 9.49. The van der Waals surface area contributed by atoms with Crippen LogP contribution < -0.4 is 0 Å². The summed E-state index contributed by atoms with van der Waals surface area (Å²) in [5.41, 5.74) is 2.13. The van der Waals surface area contributed by atoms with Crippen LogP contribution in [0.3, 0.4) is 0 Å². The van der Waals surface area contributed by atoms with Crippen molar-refractivity contribution in [3.05, 3.63) is 35.0 Å². The van der Waals surface area contributed by atoms with Crippen LogP contribution in [0.1, 0.15) is 12.5 Å². The van der Waals surface area contributed by atoms with Crippen molar-refractivity contribution in [3.63, 3.8) is 0 Å². The fraction of sp³-hybridized carbons (Fsp3) is 0.273. The summed E-state index contributed by atoms with van der Waals surface area (Å²) in [6, 6.07) is 5.78. The predicted octanol–water partition coefficient (Wildman–Crippen LogP) is 4.34. The van der Waals surface area contributed by atoms with Crippen LogP contribution in [0.15, 0.2) is 28.9 Å². The fourth-order valence-electron chi connectivity index (χ4n) is 1.38. The molecule has 0 aliphatic rings. The first-order valence-electron chi connectivity index (χ1n) is 4.54. The molecule has 1 aromatic heterocycles. The van der Waals surface area contributed by atoms with E-state index in [0.29, 0.717) is 0 Å². The largest absolute Gasteiger partial charge is 0.464 e. The number of hydrogen-bond donors (Lipinski definition) is 0. The Bertz CT molecular complexity index is 436. The summed E-state index contributed by atoms with van der Waals surface area (Å²) in [6.07, 6.45) is 1.82. The molecule has 0 aliphatic heterocycles. The minimum atomic E-state index is 0.724. The van der Waals surface area contributed by atoms with Crippen LogP contribution in [0.2, 0.25) is 5.02 Å². The summed E-state index contributed by atoms with van der Waals surface area (Å²) in [5, 5.41) is 1.90. The van der Waals surface area contributed by atoms with Crippen LogP contribution in [-0.4, -0.2) is 5.75 Å². The van der Waals surface area contributed by atoms with Crippen LogP contribution in [0, 0.1) is 0 Å². The monoisotopic (exact) mass is 226 g/mol. The molecule has 0 amide bonds. The van der Waals surface area contributed by atoms with Crippen molar-refractivity contribution in [1.29, 1.82) is 0 Å². The van der Waals surface area contributed by atoms with E-state index in [1.165, 1.54) is 10.9 Å². The van der Waals surface area contributed by atoms with Crippen molar-refractivity contribution in [2.24, 2.45) is 0 Å². The molecule has 2 aromatic rings. The van der Waals surface area contributed by atoms with Gasteiger partial charge in [-0.15, -0.1) is 0 Å². The average Bonchev–Trinajstić information content (AvgIpc) is 2.57. The van der Waals surface area contributed by atoms with Gasteiger partial charge in [0.05, 0.1) is 6.26 Å². The smallest absolute Gasteiger partial charge is 0.135 e. The zero-order chi connectivity index (χ0) is 9.97. The highest BCUT2D eigenvalue weighted by Gasteiger charge is 2.05. The van der Waals surface area contributed by atoms with E-state index in [0.717, 1.165) is 22.1 Å². The second-order valence-corrected chi connectivity index (χ2v) is 4.75. The highest BCUT2D eigenvalue weighted by molar-refractivity contribution is 7.98. The number of fused-ring (bicyclic) bond motifs is 1. The minimum Gasteiger partial charge on any atom is -0.464 e. The number of thioether (sulfide) groups is 1. The Balaban J connectivity index is 2.37. The minimum absolute atomic E-state index is 0.724. The highest BCUT2D eigenvalue weighted by atomic mass is 35.5. The molecule has 0 bridgehead atoms. The Kier molecular flexibility index (Phi) is 3.04. The third-order valence-electron chi connectivity index (χ3n) is 2.08. The Morgan fingerprint density at radius 3 is 3.07 bits per heavy atom. The lowest BCUT2D eigenvalue weighted by molar-refractivity contribution is 0.612. The van der Waals surface area contributed by atoms with Gasteiger partial charge in [-0.05, 0) is 24.0 Å².